The van der Waals surface area contributed by atoms with Crippen molar-refractivity contribution in [3.05, 3.63) is 69.5 Å². The van der Waals surface area contributed by atoms with Crippen molar-refractivity contribution in [2.75, 3.05) is 0 Å². The number of H-pyrrole nitrogens is 1. The Kier molecular flexibility index (Phi) is 3.17. The number of hydrogen-bond acceptors (Lipinski definition) is 2. The first kappa shape index (κ1) is 13.7. The Labute approximate surface area is 136 Å². The number of hydrogen-bond donors (Lipinski definition) is 1. The summed E-state index contributed by atoms with van der Waals surface area (Å²) >= 11 is 7.65. The predicted octanol–water partition coefficient (Wildman–Crippen LogP) is 4.65. The van der Waals surface area contributed by atoms with Gasteiger partial charge < -0.3 is 0 Å². The van der Waals surface area contributed by atoms with Gasteiger partial charge in [-0.15, -0.1) is 11.8 Å². The topological polar surface area (TPSA) is 37.8 Å². The van der Waals surface area contributed by atoms with Crippen LogP contribution < -0.4 is 5.56 Å². The molecule has 2 aromatic carbocycles. The van der Waals surface area contributed by atoms with Crippen LogP contribution in [0.2, 0.25) is 5.02 Å². The lowest BCUT2D eigenvalue weighted by atomic mass is 10.1. The molecule has 1 unspecified atom stereocenters. The van der Waals surface area contributed by atoms with Crippen molar-refractivity contribution in [2.24, 2.45) is 0 Å². The van der Waals surface area contributed by atoms with E-state index >= 15 is 0 Å². The average Bonchev–Trinajstić information content (AvgIpc) is 2.87. The Morgan fingerprint density at radius 3 is 2.64 bits per heavy atom. The van der Waals surface area contributed by atoms with Crippen molar-refractivity contribution in [2.45, 2.75) is 17.1 Å². The van der Waals surface area contributed by atoms with Gasteiger partial charge in [0.15, 0.2) is 0 Å². The van der Waals surface area contributed by atoms with Crippen LogP contribution in [0.25, 0.3) is 16.9 Å². The SMILES string of the molecule is CC1Sc2ccccc2-c2[nH]n(-c3ccc(Cl)cc3)c(=O)c21. The zero-order valence-electron chi connectivity index (χ0n) is 11.8. The first-order valence-electron chi connectivity index (χ1n) is 7.02. The minimum absolute atomic E-state index is 0.00632. The third kappa shape index (κ3) is 2.02. The number of thioether (sulfide) groups is 1. The van der Waals surface area contributed by atoms with Crippen LogP contribution in [0.15, 0.2) is 58.2 Å². The van der Waals surface area contributed by atoms with Gasteiger partial charge in [-0.2, -0.15) is 0 Å². The van der Waals surface area contributed by atoms with Crippen molar-refractivity contribution in [1.29, 1.82) is 0 Å². The molecule has 2 heterocycles. The largest absolute Gasteiger partial charge is 0.290 e. The number of nitrogens with one attached hydrogen (secondary N) is 1. The smallest absolute Gasteiger partial charge is 0.276 e. The van der Waals surface area contributed by atoms with Crippen molar-refractivity contribution < 1.29 is 0 Å². The Hall–Kier alpha value is -1.91. The molecule has 5 heteroatoms. The molecule has 1 N–H and O–H groups in total. The summed E-state index contributed by atoms with van der Waals surface area (Å²) in [6.45, 7) is 2.07. The number of aromatic amines is 1. The number of aromatic nitrogens is 2. The van der Waals surface area contributed by atoms with E-state index in [-0.39, 0.29) is 10.8 Å². The van der Waals surface area contributed by atoms with Crippen LogP contribution in [-0.4, -0.2) is 9.78 Å². The lowest BCUT2D eigenvalue weighted by Gasteiger charge is -2.19. The maximum Gasteiger partial charge on any atom is 0.276 e. The van der Waals surface area contributed by atoms with Crippen molar-refractivity contribution in [1.82, 2.24) is 9.78 Å². The van der Waals surface area contributed by atoms with E-state index in [2.05, 4.69) is 24.2 Å². The molecule has 110 valence electrons. The standard InChI is InChI=1S/C17H13ClN2OS/c1-10-15-16(13-4-2-3-5-14(13)22-10)19-20(17(15)21)12-8-6-11(18)7-9-12/h2-10,19H,1H3. The minimum atomic E-state index is 0.00632. The first-order chi connectivity index (χ1) is 10.6. The van der Waals surface area contributed by atoms with Gasteiger partial charge in [0.25, 0.3) is 5.56 Å². The second kappa shape index (κ2) is 5.07. The van der Waals surface area contributed by atoms with Gasteiger partial charge in [0.1, 0.15) is 0 Å². The maximum absolute atomic E-state index is 12.8. The van der Waals surface area contributed by atoms with Gasteiger partial charge in [-0.05, 0) is 37.3 Å². The van der Waals surface area contributed by atoms with Gasteiger partial charge >= 0.3 is 0 Å². The van der Waals surface area contributed by atoms with Gasteiger partial charge in [-0.25, -0.2) is 4.68 Å². The van der Waals surface area contributed by atoms with Crippen LogP contribution >= 0.6 is 23.4 Å². The third-order valence-corrected chi connectivity index (χ3v) is 5.33. The van der Waals surface area contributed by atoms with Gasteiger partial charge in [-0.1, -0.05) is 29.8 Å². The van der Waals surface area contributed by atoms with E-state index in [0.717, 1.165) is 22.5 Å². The quantitative estimate of drug-likeness (QED) is 0.706. The van der Waals surface area contributed by atoms with E-state index in [1.807, 2.05) is 24.3 Å². The van der Waals surface area contributed by atoms with E-state index in [1.165, 1.54) is 4.90 Å². The van der Waals surface area contributed by atoms with Crippen molar-refractivity contribution >= 4 is 23.4 Å². The Morgan fingerprint density at radius 1 is 1.14 bits per heavy atom. The molecule has 0 amide bonds. The minimum Gasteiger partial charge on any atom is -0.290 e. The van der Waals surface area contributed by atoms with Crippen LogP contribution in [-0.2, 0) is 0 Å². The molecule has 3 nitrogen and oxygen atoms in total. The highest BCUT2D eigenvalue weighted by atomic mass is 35.5. The molecule has 0 radical (unpaired) electrons. The summed E-state index contributed by atoms with van der Waals surface area (Å²) < 4.78 is 1.60. The summed E-state index contributed by atoms with van der Waals surface area (Å²) in [5.41, 5.74) is 3.64. The molecule has 4 rings (SSSR count). The summed E-state index contributed by atoms with van der Waals surface area (Å²) in [6, 6.07) is 15.4. The van der Waals surface area contributed by atoms with E-state index in [0.29, 0.717) is 5.02 Å². The fraction of sp³-hybridized carbons (Fsp3) is 0.118. The Morgan fingerprint density at radius 2 is 1.86 bits per heavy atom. The lowest BCUT2D eigenvalue weighted by Crippen LogP contribution is -2.18. The number of rotatable bonds is 1. The molecule has 1 aliphatic rings. The second-order valence-electron chi connectivity index (χ2n) is 5.27. The van der Waals surface area contributed by atoms with Crippen molar-refractivity contribution in [3.8, 4) is 16.9 Å². The summed E-state index contributed by atoms with van der Waals surface area (Å²) in [7, 11) is 0. The van der Waals surface area contributed by atoms with Crippen LogP contribution in [0.4, 0.5) is 0 Å². The molecule has 22 heavy (non-hydrogen) atoms. The molecule has 3 aromatic rings. The van der Waals surface area contributed by atoms with Crippen LogP contribution in [0.3, 0.4) is 0 Å². The number of benzene rings is 2. The predicted molar refractivity (Wildman–Crippen MR) is 91.1 cm³/mol. The van der Waals surface area contributed by atoms with E-state index < -0.39 is 0 Å². The number of halogens is 1. The van der Waals surface area contributed by atoms with Gasteiger partial charge in [0, 0.05) is 20.7 Å². The zero-order chi connectivity index (χ0) is 15.3. The second-order valence-corrected chi connectivity index (χ2v) is 7.09. The highest BCUT2D eigenvalue weighted by Crippen LogP contribution is 2.46. The Bertz CT molecular complexity index is 911. The average molecular weight is 329 g/mol. The van der Waals surface area contributed by atoms with Gasteiger partial charge in [0.05, 0.1) is 16.9 Å². The van der Waals surface area contributed by atoms with Crippen LogP contribution in [0.5, 0.6) is 0 Å². The zero-order valence-corrected chi connectivity index (χ0v) is 13.4. The van der Waals surface area contributed by atoms with E-state index in [4.69, 9.17) is 11.6 Å². The van der Waals surface area contributed by atoms with E-state index in [9.17, 15) is 4.79 Å². The van der Waals surface area contributed by atoms with E-state index in [1.54, 1.807) is 28.6 Å². The normalized spacial score (nSPS) is 16.2. The molecular formula is C17H13ClN2OS. The van der Waals surface area contributed by atoms with Crippen LogP contribution in [0, 0.1) is 0 Å². The molecule has 0 fully saturated rings. The maximum atomic E-state index is 12.8. The molecular weight excluding hydrogens is 316 g/mol. The van der Waals surface area contributed by atoms with Crippen LogP contribution in [0.1, 0.15) is 17.7 Å². The highest BCUT2D eigenvalue weighted by Gasteiger charge is 2.28. The molecule has 0 aliphatic carbocycles. The fourth-order valence-corrected chi connectivity index (χ4v) is 4.13. The molecule has 1 atom stereocenters. The summed E-state index contributed by atoms with van der Waals surface area (Å²) in [4.78, 5) is 14.0. The number of fused-ring (bicyclic) bond motifs is 3. The lowest BCUT2D eigenvalue weighted by molar-refractivity contribution is 0.849. The fourth-order valence-electron chi connectivity index (χ4n) is 2.83. The molecule has 0 saturated carbocycles. The summed E-state index contributed by atoms with van der Waals surface area (Å²) in [6.07, 6.45) is 0. The number of nitrogens with zero attached hydrogens (tertiary/aromatic N) is 1. The molecule has 1 aromatic heterocycles. The molecule has 1 aliphatic heterocycles. The Balaban J connectivity index is 1.96. The summed E-state index contributed by atoms with van der Waals surface area (Å²) in [5.74, 6) is 0. The third-order valence-electron chi connectivity index (χ3n) is 3.88. The molecule has 0 spiro atoms. The molecule has 0 bridgehead atoms. The van der Waals surface area contributed by atoms with Gasteiger partial charge in [0.2, 0.25) is 0 Å². The highest BCUT2D eigenvalue weighted by molar-refractivity contribution is 7.99. The van der Waals surface area contributed by atoms with Crippen molar-refractivity contribution in [3.63, 3.8) is 0 Å². The molecule has 0 saturated heterocycles. The monoisotopic (exact) mass is 328 g/mol. The van der Waals surface area contributed by atoms with Gasteiger partial charge in [-0.3, -0.25) is 9.89 Å². The summed E-state index contributed by atoms with van der Waals surface area (Å²) in [5, 5.41) is 4.05. The first-order valence-corrected chi connectivity index (χ1v) is 8.28.